The van der Waals surface area contributed by atoms with Crippen LogP contribution >= 0.6 is 12.2 Å². The molecule has 0 radical (unpaired) electrons. The standard InChI is InChI=1S/C18H20N4S/c1-2-14-12-22-8-7-15(14)9-17(22)11-20-18(23)21-16-5-3-13(10-19)4-6-16/h1,3-6,14-15,17H,7-9,11-12H2,(H2,20,21,23)/t14-,15+,17-/m1/s1. The quantitative estimate of drug-likeness (QED) is 0.659. The lowest BCUT2D eigenvalue weighted by atomic mass is 9.76. The number of piperidine rings is 3. The smallest absolute Gasteiger partial charge is 0.170 e. The highest BCUT2D eigenvalue weighted by Gasteiger charge is 2.38. The third-order valence-electron chi connectivity index (χ3n) is 4.86. The molecule has 5 heteroatoms. The number of fused-ring (bicyclic) bond motifs is 3. The largest absolute Gasteiger partial charge is 0.361 e. The second kappa shape index (κ2) is 7.00. The Morgan fingerprint density at radius 2 is 2.17 bits per heavy atom. The maximum absolute atomic E-state index is 8.80. The normalized spacial score (nSPS) is 28.4. The van der Waals surface area contributed by atoms with Crippen LogP contribution in [0.1, 0.15) is 18.4 Å². The van der Waals surface area contributed by atoms with E-state index in [4.69, 9.17) is 23.9 Å². The lowest BCUT2D eigenvalue weighted by Crippen LogP contribution is -2.56. The number of nitrogens with one attached hydrogen (secondary N) is 2. The van der Waals surface area contributed by atoms with E-state index in [1.54, 1.807) is 12.1 Å². The van der Waals surface area contributed by atoms with E-state index in [2.05, 4.69) is 27.5 Å². The van der Waals surface area contributed by atoms with Crippen molar-refractivity contribution in [2.75, 3.05) is 25.0 Å². The van der Waals surface area contributed by atoms with Gasteiger partial charge in [-0.25, -0.2) is 0 Å². The summed E-state index contributed by atoms with van der Waals surface area (Å²) >= 11 is 5.36. The number of benzene rings is 1. The van der Waals surface area contributed by atoms with Gasteiger partial charge in [0.05, 0.1) is 11.6 Å². The summed E-state index contributed by atoms with van der Waals surface area (Å²) < 4.78 is 0. The minimum absolute atomic E-state index is 0.420. The van der Waals surface area contributed by atoms with Crippen molar-refractivity contribution in [2.24, 2.45) is 11.8 Å². The van der Waals surface area contributed by atoms with Gasteiger partial charge in [-0.1, -0.05) is 0 Å². The van der Waals surface area contributed by atoms with E-state index in [1.165, 1.54) is 6.42 Å². The minimum atomic E-state index is 0.420. The van der Waals surface area contributed by atoms with Crippen molar-refractivity contribution in [3.8, 4) is 18.4 Å². The molecular formula is C18H20N4S. The lowest BCUT2D eigenvalue weighted by molar-refractivity contribution is 0.0248. The van der Waals surface area contributed by atoms with Gasteiger partial charge in [0, 0.05) is 30.7 Å². The van der Waals surface area contributed by atoms with Crippen LogP contribution in [0.5, 0.6) is 0 Å². The molecule has 0 amide bonds. The Kier molecular flexibility index (Phi) is 4.81. The second-order valence-corrected chi connectivity index (χ2v) is 6.64. The molecule has 3 saturated heterocycles. The number of hydrogen-bond donors (Lipinski definition) is 2. The topological polar surface area (TPSA) is 51.1 Å². The predicted octanol–water partition coefficient (Wildman–Crippen LogP) is 2.19. The zero-order valence-electron chi connectivity index (χ0n) is 13.0. The Labute approximate surface area is 142 Å². The van der Waals surface area contributed by atoms with E-state index in [0.29, 0.717) is 28.6 Å². The van der Waals surface area contributed by atoms with E-state index in [1.807, 2.05) is 12.1 Å². The van der Waals surface area contributed by atoms with Gasteiger partial charge in [-0.15, -0.1) is 12.3 Å². The summed E-state index contributed by atoms with van der Waals surface area (Å²) in [5, 5.41) is 15.9. The van der Waals surface area contributed by atoms with Crippen molar-refractivity contribution < 1.29 is 0 Å². The fourth-order valence-electron chi connectivity index (χ4n) is 3.55. The molecule has 0 spiro atoms. The van der Waals surface area contributed by atoms with E-state index < -0.39 is 0 Å². The molecule has 2 bridgehead atoms. The van der Waals surface area contributed by atoms with Crippen molar-refractivity contribution in [3.05, 3.63) is 29.8 Å². The Hall–Kier alpha value is -2.08. The zero-order valence-corrected chi connectivity index (χ0v) is 13.8. The van der Waals surface area contributed by atoms with Gasteiger partial charge in [0.25, 0.3) is 0 Å². The van der Waals surface area contributed by atoms with Gasteiger partial charge in [-0.3, -0.25) is 4.90 Å². The molecule has 3 aliphatic rings. The first kappa shape index (κ1) is 15.8. The predicted molar refractivity (Wildman–Crippen MR) is 95.8 cm³/mol. The summed E-state index contributed by atoms with van der Waals surface area (Å²) in [7, 11) is 0. The Balaban J connectivity index is 1.48. The monoisotopic (exact) mass is 324 g/mol. The van der Waals surface area contributed by atoms with Crippen LogP contribution in [0.2, 0.25) is 0 Å². The molecule has 0 aliphatic carbocycles. The summed E-state index contributed by atoms with van der Waals surface area (Å²) in [6.07, 6.45) is 8.00. The van der Waals surface area contributed by atoms with E-state index in [9.17, 15) is 0 Å². The number of anilines is 1. The third-order valence-corrected chi connectivity index (χ3v) is 5.11. The molecule has 118 valence electrons. The van der Waals surface area contributed by atoms with Crippen LogP contribution in [-0.4, -0.2) is 35.7 Å². The summed E-state index contributed by atoms with van der Waals surface area (Å²) in [6.45, 7) is 3.00. The molecule has 4 nitrogen and oxygen atoms in total. The first-order chi connectivity index (χ1) is 11.2. The first-order valence-electron chi connectivity index (χ1n) is 7.95. The molecule has 1 aromatic rings. The van der Waals surface area contributed by atoms with E-state index in [-0.39, 0.29) is 0 Å². The Bertz CT molecular complexity index is 655. The summed E-state index contributed by atoms with van der Waals surface area (Å²) in [4.78, 5) is 2.49. The molecule has 1 unspecified atom stereocenters. The van der Waals surface area contributed by atoms with Crippen molar-refractivity contribution in [1.29, 1.82) is 5.26 Å². The van der Waals surface area contributed by atoms with Crippen LogP contribution in [-0.2, 0) is 0 Å². The van der Waals surface area contributed by atoms with Gasteiger partial charge >= 0.3 is 0 Å². The fourth-order valence-corrected chi connectivity index (χ4v) is 3.75. The fraction of sp³-hybridized carbons (Fsp3) is 0.444. The lowest BCUT2D eigenvalue weighted by Gasteiger charge is -2.48. The number of rotatable bonds is 3. The molecule has 23 heavy (non-hydrogen) atoms. The van der Waals surface area contributed by atoms with Crippen molar-refractivity contribution in [1.82, 2.24) is 10.2 Å². The average Bonchev–Trinajstić information content (AvgIpc) is 2.61. The second-order valence-electron chi connectivity index (χ2n) is 6.23. The third kappa shape index (κ3) is 3.64. The van der Waals surface area contributed by atoms with Crippen molar-refractivity contribution in [2.45, 2.75) is 18.9 Å². The Morgan fingerprint density at radius 1 is 1.39 bits per heavy atom. The van der Waals surface area contributed by atoms with Crippen LogP contribution in [0.15, 0.2) is 24.3 Å². The van der Waals surface area contributed by atoms with Crippen LogP contribution < -0.4 is 10.6 Å². The van der Waals surface area contributed by atoms with Crippen LogP contribution in [0, 0.1) is 35.5 Å². The summed E-state index contributed by atoms with van der Waals surface area (Å²) in [5.74, 6) is 4.02. The highest BCUT2D eigenvalue weighted by atomic mass is 32.1. The molecule has 0 aromatic heterocycles. The van der Waals surface area contributed by atoms with E-state index >= 15 is 0 Å². The highest BCUT2D eigenvalue weighted by Crippen LogP contribution is 2.35. The van der Waals surface area contributed by atoms with Gasteiger partial charge in [-0.2, -0.15) is 5.26 Å². The molecule has 4 rings (SSSR count). The number of nitriles is 1. The molecule has 3 fully saturated rings. The highest BCUT2D eigenvalue weighted by molar-refractivity contribution is 7.80. The number of hydrogen-bond acceptors (Lipinski definition) is 3. The van der Waals surface area contributed by atoms with Crippen LogP contribution in [0.4, 0.5) is 5.69 Å². The zero-order chi connectivity index (χ0) is 16.2. The molecule has 1 aromatic carbocycles. The SMILES string of the molecule is C#C[C@@H]1CN2CC[C@H]1C[C@@H]2CNC(=S)Nc1ccc(C#N)cc1. The first-order valence-corrected chi connectivity index (χ1v) is 8.35. The van der Waals surface area contributed by atoms with Gasteiger partial charge in [-0.05, 0) is 61.8 Å². The summed E-state index contributed by atoms with van der Waals surface area (Å²) in [5.41, 5.74) is 1.53. The van der Waals surface area contributed by atoms with Crippen molar-refractivity contribution in [3.63, 3.8) is 0 Å². The van der Waals surface area contributed by atoms with Gasteiger partial charge in [0.1, 0.15) is 0 Å². The Morgan fingerprint density at radius 3 is 2.78 bits per heavy atom. The van der Waals surface area contributed by atoms with Crippen LogP contribution in [0.25, 0.3) is 0 Å². The maximum Gasteiger partial charge on any atom is 0.170 e. The van der Waals surface area contributed by atoms with Gasteiger partial charge in [0.2, 0.25) is 0 Å². The average molecular weight is 324 g/mol. The summed E-state index contributed by atoms with van der Waals surface area (Å²) in [6, 6.07) is 9.88. The molecule has 3 heterocycles. The number of nitrogens with zero attached hydrogens (tertiary/aromatic N) is 2. The van der Waals surface area contributed by atoms with Gasteiger partial charge in [0.15, 0.2) is 5.11 Å². The maximum atomic E-state index is 8.80. The van der Waals surface area contributed by atoms with Crippen molar-refractivity contribution >= 4 is 23.0 Å². The molecular weight excluding hydrogens is 304 g/mol. The number of thiocarbonyl (C=S) groups is 1. The minimum Gasteiger partial charge on any atom is -0.361 e. The molecule has 2 N–H and O–H groups in total. The van der Waals surface area contributed by atoms with Gasteiger partial charge < -0.3 is 10.6 Å². The molecule has 3 aliphatic heterocycles. The van der Waals surface area contributed by atoms with E-state index in [0.717, 1.165) is 31.7 Å². The molecule has 4 atom stereocenters. The molecule has 0 saturated carbocycles. The number of terminal acetylenes is 1. The van der Waals surface area contributed by atoms with Crippen LogP contribution in [0.3, 0.4) is 0 Å².